The minimum atomic E-state index is 0.754. The number of nitrogens with one attached hydrogen (secondary N) is 1. The van der Waals surface area contributed by atoms with Crippen molar-refractivity contribution in [2.24, 2.45) is 5.92 Å². The molecule has 78 valence electrons. The fraction of sp³-hybridized carbons (Fsp3) is 1.00. The Bertz CT molecular complexity index is 136. The minimum Gasteiger partial charge on any atom is -0.312 e. The third kappa shape index (κ3) is 4.10. The van der Waals surface area contributed by atoms with Crippen LogP contribution in [-0.4, -0.2) is 37.6 Å². The van der Waals surface area contributed by atoms with E-state index in [1.54, 1.807) is 0 Å². The van der Waals surface area contributed by atoms with Crippen molar-refractivity contribution in [2.45, 2.75) is 39.2 Å². The lowest BCUT2D eigenvalue weighted by Gasteiger charge is -2.16. The summed E-state index contributed by atoms with van der Waals surface area (Å²) in [4.78, 5) is 2.40. The van der Waals surface area contributed by atoms with Gasteiger partial charge in [0, 0.05) is 12.6 Å². The minimum absolute atomic E-state index is 0.754. The molecule has 1 N–H and O–H groups in total. The maximum absolute atomic E-state index is 3.65. The van der Waals surface area contributed by atoms with Gasteiger partial charge >= 0.3 is 0 Å². The molecule has 13 heavy (non-hydrogen) atoms. The van der Waals surface area contributed by atoms with Crippen LogP contribution in [0.4, 0.5) is 0 Å². The highest BCUT2D eigenvalue weighted by molar-refractivity contribution is 4.79. The lowest BCUT2D eigenvalue weighted by molar-refractivity contribution is 0.383. The highest BCUT2D eigenvalue weighted by atomic mass is 15.2. The van der Waals surface area contributed by atoms with Crippen molar-refractivity contribution in [3.05, 3.63) is 0 Å². The molecule has 0 unspecified atom stereocenters. The Morgan fingerprint density at radius 2 is 2.31 bits per heavy atom. The summed E-state index contributed by atoms with van der Waals surface area (Å²) in [7, 11) is 2.21. The van der Waals surface area contributed by atoms with Gasteiger partial charge in [0.15, 0.2) is 0 Å². The number of likely N-dealkylation sites (tertiary alicyclic amines) is 1. The van der Waals surface area contributed by atoms with Crippen molar-refractivity contribution in [1.29, 1.82) is 0 Å². The summed E-state index contributed by atoms with van der Waals surface area (Å²) in [5, 5.41) is 3.65. The van der Waals surface area contributed by atoms with Crippen LogP contribution in [0.2, 0.25) is 0 Å². The molecule has 0 aromatic carbocycles. The van der Waals surface area contributed by atoms with Gasteiger partial charge in [0.1, 0.15) is 0 Å². The van der Waals surface area contributed by atoms with Crippen LogP contribution in [0.1, 0.15) is 33.1 Å². The predicted octanol–water partition coefficient (Wildman–Crippen LogP) is 1.72. The molecule has 1 rings (SSSR count). The van der Waals surface area contributed by atoms with Gasteiger partial charge in [-0.15, -0.1) is 0 Å². The summed E-state index contributed by atoms with van der Waals surface area (Å²) in [5.41, 5.74) is 0. The van der Waals surface area contributed by atoms with E-state index in [1.165, 1.54) is 38.9 Å². The molecule has 1 aliphatic rings. The molecule has 0 saturated carbocycles. The third-order valence-electron chi connectivity index (χ3n) is 2.93. The summed E-state index contributed by atoms with van der Waals surface area (Å²) < 4.78 is 0. The molecule has 0 radical (unpaired) electrons. The number of rotatable bonds is 5. The van der Waals surface area contributed by atoms with Crippen LogP contribution in [0.3, 0.4) is 0 Å². The largest absolute Gasteiger partial charge is 0.312 e. The van der Waals surface area contributed by atoms with E-state index in [-0.39, 0.29) is 0 Å². The van der Waals surface area contributed by atoms with Crippen molar-refractivity contribution in [1.82, 2.24) is 10.2 Å². The molecule has 1 heterocycles. The van der Waals surface area contributed by atoms with Crippen LogP contribution >= 0.6 is 0 Å². The van der Waals surface area contributed by atoms with Crippen molar-refractivity contribution >= 4 is 0 Å². The van der Waals surface area contributed by atoms with Crippen LogP contribution < -0.4 is 5.32 Å². The van der Waals surface area contributed by atoms with E-state index >= 15 is 0 Å². The first-order valence-corrected chi connectivity index (χ1v) is 5.64. The van der Waals surface area contributed by atoms with Crippen LogP contribution in [0.5, 0.6) is 0 Å². The van der Waals surface area contributed by atoms with Crippen LogP contribution in [0.15, 0.2) is 0 Å². The normalized spacial score (nSPS) is 26.5. The number of likely N-dealkylation sites (N-methyl/N-ethyl adjacent to an activating group) is 1. The molecule has 0 bridgehead atoms. The number of nitrogens with zero attached hydrogens (tertiary/aromatic N) is 1. The molecular formula is C11H24N2. The van der Waals surface area contributed by atoms with Crippen molar-refractivity contribution < 1.29 is 0 Å². The fourth-order valence-corrected chi connectivity index (χ4v) is 2.06. The van der Waals surface area contributed by atoms with Crippen LogP contribution in [0.25, 0.3) is 0 Å². The second-order valence-corrected chi connectivity index (χ2v) is 4.55. The molecule has 0 aromatic heterocycles. The predicted molar refractivity (Wildman–Crippen MR) is 58.0 cm³/mol. The van der Waals surface area contributed by atoms with E-state index in [0.717, 1.165) is 12.0 Å². The van der Waals surface area contributed by atoms with Crippen LogP contribution in [-0.2, 0) is 0 Å². The highest BCUT2D eigenvalue weighted by Crippen LogP contribution is 2.08. The van der Waals surface area contributed by atoms with E-state index in [9.17, 15) is 0 Å². The Morgan fingerprint density at radius 3 is 2.85 bits per heavy atom. The molecule has 1 fully saturated rings. The molecule has 1 saturated heterocycles. The maximum Gasteiger partial charge on any atom is 0.0207 e. The van der Waals surface area contributed by atoms with E-state index in [0.29, 0.717) is 0 Å². The van der Waals surface area contributed by atoms with Gasteiger partial charge in [-0.2, -0.15) is 0 Å². The Hall–Kier alpha value is -0.0800. The van der Waals surface area contributed by atoms with Gasteiger partial charge in [0.25, 0.3) is 0 Å². The van der Waals surface area contributed by atoms with E-state index < -0.39 is 0 Å². The standard InChI is InChI=1S/C11H24N2/c1-4-5-10(2)8-12-11-6-7-13(3)9-11/h10-12H,4-9H2,1-3H3/t10-,11-/m1/s1. The second-order valence-electron chi connectivity index (χ2n) is 4.55. The average molecular weight is 184 g/mol. The number of hydrogen-bond acceptors (Lipinski definition) is 2. The van der Waals surface area contributed by atoms with Gasteiger partial charge in [0.05, 0.1) is 0 Å². The summed E-state index contributed by atoms with van der Waals surface area (Å²) in [6, 6.07) is 0.754. The molecule has 0 spiro atoms. The SMILES string of the molecule is CCC[C@@H](C)CN[C@@H]1CCN(C)C1. The van der Waals surface area contributed by atoms with Gasteiger partial charge in [0.2, 0.25) is 0 Å². The summed E-state index contributed by atoms with van der Waals surface area (Å²) in [6.07, 6.45) is 4.00. The smallest absolute Gasteiger partial charge is 0.0207 e. The Balaban J connectivity index is 2.05. The zero-order chi connectivity index (χ0) is 9.68. The Morgan fingerprint density at radius 1 is 1.54 bits per heavy atom. The first-order valence-electron chi connectivity index (χ1n) is 5.64. The van der Waals surface area contributed by atoms with Crippen molar-refractivity contribution in [2.75, 3.05) is 26.7 Å². The molecule has 0 aliphatic carbocycles. The monoisotopic (exact) mass is 184 g/mol. The average Bonchev–Trinajstić information content (AvgIpc) is 2.49. The van der Waals surface area contributed by atoms with Gasteiger partial charge in [-0.3, -0.25) is 0 Å². The summed E-state index contributed by atoms with van der Waals surface area (Å²) >= 11 is 0. The van der Waals surface area contributed by atoms with E-state index in [4.69, 9.17) is 0 Å². The lowest BCUT2D eigenvalue weighted by Crippen LogP contribution is -2.34. The first kappa shape index (κ1) is 11.0. The quantitative estimate of drug-likeness (QED) is 0.700. The maximum atomic E-state index is 3.65. The molecule has 2 heteroatoms. The van der Waals surface area contributed by atoms with Gasteiger partial charge in [-0.1, -0.05) is 20.3 Å². The van der Waals surface area contributed by atoms with Crippen molar-refractivity contribution in [3.8, 4) is 0 Å². The van der Waals surface area contributed by atoms with Crippen molar-refractivity contribution in [3.63, 3.8) is 0 Å². The Labute approximate surface area is 82.7 Å². The topological polar surface area (TPSA) is 15.3 Å². The first-order chi connectivity index (χ1) is 6.22. The van der Waals surface area contributed by atoms with E-state index in [2.05, 4.69) is 31.1 Å². The molecule has 1 aliphatic heterocycles. The van der Waals surface area contributed by atoms with Gasteiger partial charge in [-0.05, 0) is 38.9 Å². The molecular weight excluding hydrogens is 160 g/mol. The molecule has 2 atom stereocenters. The van der Waals surface area contributed by atoms with Crippen LogP contribution in [0, 0.1) is 5.92 Å². The van der Waals surface area contributed by atoms with E-state index in [1.807, 2.05) is 0 Å². The summed E-state index contributed by atoms with van der Waals surface area (Å²) in [5.74, 6) is 0.843. The Kier molecular flexibility index (Phi) is 4.74. The zero-order valence-electron chi connectivity index (χ0n) is 9.34. The highest BCUT2D eigenvalue weighted by Gasteiger charge is 2.18. The second kappa shape index (κ2) is 5.61. The zero-order valence-corrected chi connectivity index (χ0v) is 9.34. The molecule has 0 amide bonds. The third-order valence-corrected chi connectivity index (χ3v) is 2.93. The fourth-order valence-electron chi connectivity index (χ4n) is 2.06. The number of hydrogen-bond donors (Lipinski definition) is 1. The molecule has 2 nitrogen and oxygen atoms in total. The molecule has 0 aromatic rings. The lowest BCUT2D eigenvalue weighted by atomic mass is 10.1. The summed E-state index contributed by atoms with van der Waals surface area (Å²) in [6.45, 7) is 8.31. The van der Waals surface area contributed by atoms with Gasteiger partial charge in [-0.25, -0.2) is 0 Å². The van der Waals surface area contributed by atoms with Gasteiger partial charge < -0.3 is 10.2 Å².